The van der Waals surface area contributed by atoms with Gasteiger partial charge in [0.1, 0.15) is 5.75 Å². The number of nitrogen functional groups attached to an aromatic ring is 1. The van der Waals surface area contributed by atoms with Gasteiger partial charge in [-0.1, -0.05) is 12.1 Å². The molecule has 0 radical (unpaired) electrons. The minimum absolute atomic E-state index is 0.190. The Morgan fingerprint density at radius 1 is 0.964 bits per heavy atom. The van der Waals surface area contributed by atoms with Gasteiger partial charge in [-0.05, 0) is 43.2 Å². The lowest BCUT2D eigenvalue weighted by molar-refractivity contribution is 0.477. The van der Waals surface area contributed by atoms with Crippen LogP contribution < -0.4 is 15.5 Å². The summed E-state index contributed by atoms with van der Waals surface area (Å²) in [5, 5.41) is 18.5. The Hall–Kier alpha value is -3.35. The van der Waals surface area contributed by atoms with Crippen LogP contribution in [-0.2, 0) is 0 Å². The number of phenolic OH excluding ortho intramolecular Hbond substituents is 1. The van der Waals surface area contributed by atoms with Crippen LogP contribution >= 0.6 is 0 Å². The van der Waals surface area contributed by atoms with Gasteiger partial charge in [-0.2, -0.15) is 0 Å². The summed E-state index contributed by atoms with van der Waals surface area (Å²) in [6, 6.07) is 14.1. The zero-order valence-corrected chi connectivity index (χ0v) is 15.4. The van der Waals surface area contributed by atoms with Gasteiger partial charge in [-0.3, -0.25) is 4.98 Å². The number of hydrogen-bond acceptors (Lipinski definition) is 7. The minimum Gasteiger partial charge on any atom is -0.507 e. The van der Waals surface area contributed by atoms with Crippen LogP contribution in [0.15, 0.2) is 54.9 Å². The van der Waals surface area contributed by atoms with E-state index in [9.17, 15) is 5.11 Å². The normalized spacial score (nSPS) is 21.1. The van der Waals surface area contributed by atoms with Crippen molar-refractivity contribution in [3.63, 3.8) is 0 Å². The predicted octanol–water partition coefficient (Wildman–Crippen LogP) is 2.68. The molecule has 2 aliphatic rings. The van der Waals surface area contributed by atoms with E-state index < -0.39 is 0 Å². The fourth-order valence-electron chi connectivity index (χ4n) is 4.50. The molecule has 0 saturated carbocycles. The van der Waals surface area contributed by atoms with Crippen molar-refractivity contribution in [1.82, 2.24) is 15.2 Å². The Labute approximate surface area is 163 Å². The molecule has 5 rings (SSSR count). The fourth-order valence-corrected chi connectivity index (χ4v) is 4.50. The van der Waals surface area contributed by atoms with E-state index >= 15 is 0 Å². The lowest BCUT2D eigenvalue weighted by Gasteiger charge is -2.43. The topological polar surface area (TPSA) is 91.4 Å². The third-order valence-electron chi connectivity index (χ3n) is 5.77. The number of aromatic hydroxyl groups is 1. The van der Waals surface area contributed by atoms with E-state index in [-0.39, 0.29) is 5.75 Å². The first-order valence-electron chi connectivity index (χ1n) is 9.55. The van der Waals surface area contributed by atoms with E-state index in [1.807, 2.05) is 30.6 Å². The van der Waals surface area contributed by atoms with Gasteiger partial charge in [0, 0.05) is 48.8 Å². The van der Waals surface area contributed by atoms with E-state index in [2.05, 4.69) is 37.1 Å². The quantitative estimate of drug-likeness (QED) is 0.728. The van der Waals surface area contributed by atoms with Crippen molar-refractivity contribution in [1.29, 1.82) is 0 Å². The number of phenols is 1. The van der Waals surface area contributed by atoms with E-state index in [0.29, 0.717) is 29.2 Å². The first-order valence-corrected chi connectivity index (χ1v) is 9.55. The molecule has 4 heterocycles. The number of benzene rings is 1. The molecule has 2 atom stereocenters. The van der Waals surface area contributed by atoms with Crippen molar-refractivity contribution in [2.45, 2.75) is 24.9 Å². The molecule has 7 heteroatoms. The highest BCUT2D eigenvalue weighted by Crippen LogP contribution is 2.38. The molecule has 7 nitrogen and oxygen atoms in total. The molecule has 2 aliphatic heterocycles. The van der Waals surface area contributed by atoms with Crippen molar-refractivity contribution in [3.05, 3.63) is 54.9 Å². The maximum absolute atomic E-state index is 10.2. The summed E-state index contributed by atoms with van der Waals surface area (Å²) in [5.74, 6) is 0.617. The molecule has 0 amide bonds. The summed E-state index contributed by atoms with van der Waals surface area (Å²) in [7, 11) is 0. The average Bonchev–Trinajstić information content (AvgIpc) is 2.99. The third kappa shape index (κ3) is 2.79. The van der Waals surface area contributed by atoms with Crippen LogP contribution in [0, 0.1) is 0 Å². The number of fused-ring (bicyclic) bond motifs is 2. The van der Waals surface area contributed by atoms with Crippen molar-refractivity contribution in [2.75, 3.05) is 28.6 Å². The highest BCUT2D eigenvalue weighted by Gasteiger charge is 2.40. The molecule has 2 saturated heterocycles. The van der Waals surface area contributed by atoms with Crippen molar-refractivity contribution >= 4 is 17.2 Å². The third-order valence-corrected chi connectivity index (χ3v) is 5.77. The molecule has 0 aliphatic carbocycles. The molecular formula is C21H22N6O. The highest BCUT2D eigenvalue weighted by molar-refractivity contribution is 5.74. The Balaban J connectivity index is 1.45. The Morgan fingerprint density at radius 3 is 2.39 bits per heavy atom. The summed E-state index contributed by atoms with van der Waals surface area (Å²) < 4.78 is 0. The lowest BCUT2D eigenvalue weighted by atomic mass is 10.1. The van der Waals surface area contributed by atoms with E-state index in [1.165, 1.54) is 5.69 Å². The van der Waals surface area contributed by atoms with Crippen LogP contribution in [0.25, 0.3) is 11.3 Å². The average molecular weight is 374 g/mol. The van der Waals surface area contributed by atoms with Crippen LogP contribution in [0.3, 0.4) is 0 Å². The SMILES string of the molecule is Nc1nnc(-c2ccccc2O)cc1N1CC2CCC(C1)N2c1ccncc1. The molecule has 3 aromatic rings. The second kappa shape index (κ2) is 6.67. The van der Waals surface area contributed by atoms with Crippen LogP contribution in [0.5, 0.6) is 5.75 Å². The van der Waals surface area contributed by atoms with Crippen molar-refractivity contribution in [2.24, 2.45) is 0 Å². The van der Waals surface area contributed by atoms with E-state index in [1.54, 1.807) is 12.1 Å². The standard InChI is InChI=1S/C21H22N6O/c22-21-19(11-18(24-25-21)17-3-1-2-4-20(17)28)26-12-15-5-6-16(13-26)27(15)14-7-9-23-10-8-14/h1-4,7-11,15-16,28H,5-6,12-13H2,(H2,22,25). The predicted molar refractivity (Wildman–Crippen MR) is 109 cm³/mol. The van der Waals surface area contributed by atoms with Gasteiger partial charge in [0.2, 0.25) is 0 Å². The van der Waals surface area contributed by atoms with Gasteiger partial charge in [-0.25, -0.2) is 0 Å². The molecule has 1 aromatic carbocycles. The first kappa shape index (κ1) is 16.8. The molecule has 2 aromatic heterocycles. The number of nitrogens with zero attached hydrogens (tertiary/aromatic N) is 5. The van der Waals surface area contributed by atoms with Gasteiger partial charge < -0.3 is 20.6 Å². The highest BCUT2D eigenvalue weighted by atomic mass is 16.3. The minimum atomic E-state index is 0.190. The number of aromatic nitrogens is 3. The monoisotopic (exact) mass is 374 g/mol. The van der Waals surface area contributed by atoms with Crippen molar-refractivity contribution < 1.29 is 5.11 Å². The Bertz CT molecular complexity index is 981. The summed E-state index contributed by atoms with van der Waals surface area (Å²) >= 11 is 0. The molecule has 0 spiro atoms. The van der Waals surface area contributed by atoms with Crippen LogP contribution in [0.4, 0.5) is 17.2 Å². The number of rotatable bonds is 3. The van der Waals surface area contributed by atoms with Gasteiger partial charge in [0.15, 0.2) is 5.82 Å². The molecule has 142 valence electrons. The molecule has 2 unspecified atom stereocenters. The summed E-state index contributed by atoms with van der Waals surface area (Å²) in [4.78, 5) is 8.97. The van der Waals surface area contributed by atoms with Gasteiger partial charge >= 0.3 is 0 Å². The number of pyridine rings is 1. The number of piperazine rings is 1. The number of anilines is 3. The molecule has 2 fully saturated rings. The molecule has 2 bridgehead atoms. The summed E-state index contributed by atoms with van der Waals surface area (Å²) in [5.41, 5.74) is 9.61. The number of hydrogen-bond donors (Lipinski definition) is 2. The first-order chi connectivity index (χ1) is 13.7. The van der Waals surface area contributed by atoms with Gasteiger partial charge in [0.05, 0.1) is 11.4 Å². The maximum Gasteiger partial charge on any atom is 0.169 e. The molecular weight excluding hydrogens is 352 g/mol. The zero-order valence-electron chi connectivity index (χ0n) is 15.4. The summed E-state index contributed by atoms with van der Waals surface area (Å²) in [6.07, 6.45) is 6.03. The Morgan fingerprint density at radius 2 is 1.68 bits per heavy atom. The van der Waals surface area contributed by atoms with Crippen molar-refractivity contribution in [3.8, 4) is 17.0 Å². The number of para-hydroxylation sites is 1. The molecule has 3 N–H and O–H groups in total. The smallest absolute Gasteiger partial charge is 0.169 e. The molecule has 28 heavy (non-hydrogen) atoms. The van der Waals surface area contributed by atoms with Crippen LogP contribution in [0.1, 0.15) is 12.8 Å². The fraction of sp³-hybridized carbons (Fsp3) is 0.286. The zero-order chi connectivity index (χ0) is 19.1. The summed E-state index contributed by atoms with van der Waals surface area (Å²) in [6.45, 7) is 1.77. The maximum atomic E-state index is 10.2. The largest absolute Gasteiger partial charge is 0.507 e. The van der Waals surface area contributed by atoms with Crippen LogP contribution in [0.2, 0.25) is 0 Å². The number of nitrogens with two attached hydrogens (primary N) is 1. The van der Waals surface area contributed by atoms with Gasteiger partial charge in [0.25, 0.3) is 0 Å². The second-order valence-corrected chi connectivity index (χ2v) is 7.42. The van der Waals surface area contributed by atoms with E-state index in [4.69, 9.17) is 5.73 Å². The Kier molecular flexibility index (Phi) is 4.00. The van der Waals surface area contributed by atoms with E-state index in [0.717, 1.165) is 31.6 Å². The lowest BCUT2D eigenvalue weighted by Crippen LogP contribution is -2.54. The van der Waals surface area contributed by atoms with Gasteiger partial charge in [-0.15, -0.1) is 10.2 Å². The second-order valence-electron chi connectivity index (χ2n) is 7.42. The van der Waals surface area contributed by atoms with Crippen LogP contribution in [-0.4, -0.2) is 45.5 Å².